The van der Waals surface area contributed by atoms with Crippen molar-refractivity contribution in [2.24, 2.45) is 0 Å². The van der Waals surface area contributed by atoms with Crippen LogP contribution >= 0.6 is 0 Å². The molecule has 0 spiro atoms. The lowest BCUT2D eigenvalue weighted by molar-refractivity contribution is 0.436. The Labute approximate surface area is 109 Å². The van der Waals surface area contributed by atoms with Gasteiger partial charge in [-0.15, -0.1) is 12.3 Å². The Morgan fingerprint density at radius 3 is 2.94 bits per heavy atom. The number of benzene rings is 1. The molecule has 1 aromatic rings. The lowest BCUT2D eigenvalue weighted by atomic mass is 10.0. The van der Waals surface area contributed by atoms with E-state index < -0.39 is 9.84 Å². The van der Waals surface area contributed by atoms with Crippen molar-refractivity contribution < 1.29 is 8.42 Å². The largest absolute Gasteiger partial charge is 0.306 e. The highest BCUT2D eigenvalue weighted by Gasteiger charge is 2.30. The van der Waals surface area contributed by atoms with Crippen LogP contribution in [0, 0.1) is 12.3 Å². The summed E-state index contributed by atoms with van der Waals surface area (Å²) in [5.74, 6) is 2.82. The predicted molar refractivity (Wildman–Crippen MR) is 71.9 cm³/mol. The zero-order valence-corrected chi connectivity index (χ0v) is 11.2. The summed E-state index contributed by atoms with van der Waals surface area (Å²) in [6.07, 6.45) is 6.54. The first kappa shape index (κ1) is 13.1. The van der Waals surface area contributed by atoms with Gasteiger partial charge in [0, 0.05) is 18.5 Å². The summed E-state index contributed by atoms with van der Waals surface area (Å²) >= 11 is 0. The molecule has 2 atom stereocenters. The molecular formula is C14H17NO2S. The van der Waals surface area contributed by atoms with E-state index in [1.54, 1.807) is 12.1 Å². The van der Waals surface area contributed by atoms with Crippen molar-refractivity contribution >= 4 is 9.84 Å². The van der Waals surface area contributed by atoms with Gasteiger partial charge in [-0.1, -0.05) is 18.2 Å². The predicted octanol–water partition coefficient (Wildman–Crippen LogP) is 1.91. The standard InChI is InChI=1S/C14H17NO2S/c1-3-6-11(2)15-13-9-10-18(16,17)14-8-5-4-7-12(13)14/h1,4-5,7-8,11,13,15H,6,9-10H2,2H3. The SMILES string of the molecule is C#CCC(C)NC1CCS(=O)(=O)c2ccccc21. The zero-order valence-electron chi connectivity index (χ0n) is 10.4. The molecule has 1 aromatic carbocycles. The van der Waals surface area contributed by atoms with E-state index in [2.05, 4.69) is 11.2 Å². The molecule has 1 N–H and O–H groups in total. The molecule has 0 aromatic heterocycles. The topological polar surface area (TPSA) is 46.2 Å². The molecule has 0 saturated heterocycles. The monoisotopic (exact) mass is 263 g/mol. The van der Waals surface area contributed by atoms with Crippen LogP contribution in [0.25, 0.3) is 0 Å². The van der Waals surface area contributed by atoms with Crippen molar-refractivity contribution in [3.8, 4) is 12.3 Å². The molecular weight excluding hydrogens is 246 g/mol. The third kappa shape index (κ3) is 2.58. The third-order valence-corrected chi connectivity index (χ3v) is 5.03. The van der Waals surface area contributed by atoms with Gasteiger partial charge in [0.2, 0.25) is 0 Å². The molecule has 2 unspecified atom stereocenters. The minimum absolute atomic E-state index is 0.0769. The number of sulfone groups is 1. The van der Waals surface area contributed by atoms with Crippen LogP contribution in [0.5, 0.6) is 0 Å². The summed E-state index contributed by atoms with van der Waals surface area (Å²) in [4.78, 5) is 0.460. The Kier molecular flexibility index (Phi) is 3.74. The number of hydrogen-bond donors (Lipinski definition) is 1. The number of nitrogens with one attached hydrogen (secondary N) is 1. The summed E-state index contributed by atoms with van der Waals surface area (Å²) in [6, 6.07) is 7.47. The van der Waals surface area contributed by atoms with Crippen molar-refractivity contribution in [2.75, 3.05) is 5.75 Å². The van der Waals surface area contributed by atoms with Gasteiger partial charge in [-0.25, -0.2) is 8.42 Å². The van der Waals surface area contributed by atoms with Crippen LogP contribution in [0.2, 0.25) is 0 Å². The van der Waals surface area contributed by atoms with Crippen LogP contribution in [0.4, 0.5) is 0 Å². The van der Waals surface area contributed by atoms with Gasteiger partial charge in [-0.05, 0) is 25.0 Å². The molecule has 0 fully saturated rings. The summed E-state index contributed by atoms with van der Waals surface area (Å²) in [5.41, 5.74) is 0.868. The third-order valence-electron chi connectivity index (χ3n) is 3.21. The first-order chi connectivity index (χ1) is 8.54. The Morgan fingerprint density at radius 1 is 1.50 bits per heavy atom. The second kappa shape index (κ2) is 5.13. The maximum Gasteiger partial charge on any atom is 0.178 e. The van der Waals surface area contributed by atoms with Crippen molar-refractivity contribution in [1.82, 2.24) is 5.32 Å². The summed E-state index contributed by atoms with van der Waals surface area (Å²) in [5, 5.41) is 3.41. The van der Waals surface area contributed by atoms with Gasteiger partial charge in [-0.3, -0.25) is 0 Å². The fraction of sp³-hybridized carbons (Fsp3) is 0.429. The molecule has 0 aliphatic carbocycles. The highest BCUT2D eigenvalue weighted by molar-refractivity contribution is 7.91. The van der Waals surface area contributed by atoms with Gasteiger partial charge in [0.15, 0.2) is 9.84 Å². The average Bonchev–Trinajstić information content (AvgIpc) is 2.34. The summed E-state index contributed by atoms with van der Waals surface area (Å²) in [6.45, 7) is 2.02. The van der Waals surface area contributed by atoms with E-state index in [4.69, 9.17) is 6.42 Å². The Morgan fingerprint density at radius 2 is 2.22 bits per heavy atom. The van der Waals surface area contributed by atoms with Crippen molar-refractivity contribution in [1.29, 1.82) is 0 Å². The maximum absolute atomic E-state index is 12.0. The van der Waals surface area contributed by atoms with Gasteiger partial charge >= 0.3 is 0 Å². The Bertz CT molecular complexity index is 572. The van der Waals surface area contributed by atoms with E-state index in [1.165, 1.54) is 0 Å². The highest BCUT2D eigenvalue weighted by Crippen LogP contribution is 2.32. The molecule has 0 amide bonds. The smallest absolute Gasteiger partial charge is 0.178 e. The Hall–Kier alpha value is -1.31. The number of hydrogen-bond acceptors (Lipinski definition) is 3. The lowest BCUT2D eigenvalue weighted by Crippen LogP contribution is -2.35. The molecule has 0 saturated carbocycles. The van der Waals surface area contributed by atoms with Crippen LogP contribution in [-0.4, -0.2) is 20.2 Å². The summed E-state index contributed by atoms with van der Waals surface area (Å²) < 4.78 is 23.9. The second-order valence-electron chi connectivity index (χ2n) is 4.67. The van der Waals surface area contributed by atoms with Gasteiger partial charge in [0.25, 0.3) is 0 Å². The Balaban J connectivity index is 2.29. The van der Waals surface area contributed by atoms with Crippen LogP contribution in [-0.2, 0) is 9.84 Å². The van der Waals surface area contributed by atoms with Gasteiger partial charge in [0.05, 0.1) is 10.6 Å². The molecule has 1 heterocycles. The first-order valence-electron chi connectivity index (χ1n) is 6.06. The molecule has 1 aliphatic heterocycles. The van der Waals surface area contributed by atoms with E-state index in [1.807, 2.05) is 19.1 Å². The molecule has 0 radical (unpaired) electrons. The van der Waals surface area contributed by atoms with Gasteiger partial charge in [0.1, 0.15) is 0 Å². The van der Waals surface area contributed by atoms with E-state index in [-0.39, 0.29) is 17.8 Å². The quantitative estimate of drug-likeness (QED) is 0.847. The zero-order chi connectivity index (χ0) is 13.2. The minimum atomic E-state index is -3.10. The van der Waals surface area contributed by atoms with Crippen molar-refractivity contribution in [3.05, 3.63) is 29.8 Å². The average molecular weight is 263 g/mol. The molecule has 18 heavy (non-hydrogen) atoms. The number of fused-ring (bicyclic) bond motifs is 1. The molecule has 1 aliphatic rings. The molecule has 3 nitrogen and oxygen atoms in total. The van der Waals surface area contributed by atoms with E-state index in [0.29, 0.717) is 17.7 Å². The van der Waals surface area contributed by atoms with Crippen LogP contribution in [0.3, 0.4) is 0 Å². The molecule has 2 rings (SSSR count). The van der Waals surface area contributed by atoms with Crippen LogP contribution < -0.4 is 5.32 Å². The fourth-order valence-electron chi connectivity index (χ4n) is 2.34. The molecule has 4 heteroatoms. The van der Waals surface area contributed by atoms with E-state index in [0.717, 1.165) is 5.56 Å². The molecule has 96 valence electrons. The lowest BCUT2D eigenvalue weighted by Gasteiger charge is -2.28. The van der Waals surface area contributed by atoms with Crippen LogP contribution in [0.1, 0.15) is 31.4 Å². The van der Waals surface area contributed by atoms with Crippen molar-refractivity contribution in [3.63, 3.8) is 0 Å². The summed E-state index contributed by atoms with van der Waals surface area (Å²) in [7, 11) is -3.10. The normalized spacial score (nSPS) is 22.8. The van der Waals surface area contributed by atoms with Gasteiger partial charge in [-0.2, -0.15) is 0 Å². The van der Waals surface area contributed by atoms with E-state index in [9.17, 15) is 8.42 Å². The minimum Gasteiger partial charge on any atom is -0.306 e. The maximum atomic E-state index is 12.0. The van der Waals surface area contributed by atoms with Crippen LogP contribution in [0.15, 0.2) is 29.2 Å². The van der Waals surface area contributed by atoms with E-state index >= 15 is 0 Å². The first-order valence-corrected chi connectivity index (χ1v) is 7.71. The van der Waals surface area contributed by atoms with Crippen molar-refractivity contribution in [2.45, 2.75) is 36.7 Å². The second-order valence-corrected chi connectivity index (χ2v) is 6.75. The van der Waals surface area contributed by atoms with Gasteiger partial charge < -0.3 is 5.32 Å². The molecule has 0 bridgehead atoms. The number of terminal acetylenes is 1. The highest BCUT2D eigenvalue weighted by atomic mass is 32.2. The fourth-order valence-corrected chi connectivity index (χ4v) is 3.96. The number of rotatable bonds is 3.